The van der Waals surface area contributed by atoms with E-state index in [1.807, 2.05) is 13.1 Å². The average Bonchev–Trinajstić information content (AvgIpc) is 2.76. The third-order valence-electron chi connectivity index (χ3n) is 4.24. The number of aromatic nitrogens is 1. The lowest BCUT2D eigenvalue weighted by Crippen LogP contribution is -2.32. The average molecular weight is 284 g/mol. The van der Waals surface area contributed by atoms with Gasteiger partial charge in [-0.3, -0.25) is 4.98 Å². The van der Waals surface area contributed by atoms with Gasteiger partial charge in [-0.2, -0.15) is 0 Å². The Morgan fingerprint density at radius 3 is 2.86 bits per heavy atom. The number of fused-ring (bicyclic) bond motifs is 1. The quantitative estimate of drug-likeness (QED) is 0.922. The molecule has 2 heterocycles. The number of rotatable bonds is 3. The summed E-state index contributed by atoms with van der Waals surface area (Å²) in [6.07, 6.45) is 4.08. The highest BCUT2D eigenvalue weighted by Gasteiger charge is 2.34. The fourth-order valence-corrected chi connectivity index (χ4v) is 3.20. The highest BCUT2D eigenvalue weighted by atomic mass is 16.3. The molecule has 1 aliphatic carbocycles. The molecule has 21 heavy (non-hydrogen) atoms. The van der Waals surface area contributed by atoms with Gasteiger partial charge in [-0.05, 0) is 43.4 Å². The van der Waals surface area contributed by atoms with Crippen LogP contribution >= 0.6 is 0 Å². The minimum atomic E-state index is 0.273. The molecule has 1 atom stereocenters. The number of nitrogens with one attached hydrogen (secondary N) is 1. The molecule has 0 fully saturated rings. The first-order valence-corrected chi connectivity index (χ1v) is 7.67. The van der Waals surface area contributed by atoms with Crippen LogP contribution in [0, 0.1) is 19.3 Å². The molecule has 1 unspecified atom stereocenters. The predicted molar refractivity (Wildman–Crippen MR) is 84.1 cm³/mol. The van der Waals surface area contributed by atoms with Gasteiger partial charge >= 0.3 is 0 Å². The first-order valence-electron chi connectivity index (χ1n) is 7.67. The topological polar surface area (TPSA) is 38.1 Å². The molecule has 0 saturated carbocycles. The number of furan rings is 1. The number of pyridine rings is 1. The van der Waals surface area contributed by atoms with E-state index >= 15 is 0 Å². The monoisotopic (exact) mass is 284 g/mol. The van der Waals surface area contributed by atoms with Gasteiger partial charge in [-0.25, -0.2) is 0 Å². The number of nitrogens with zero attached hydrogens (tertiary/aromatic N) is 1. The molecule has 112 valence electrons. The van der Waals surface area contributed by atoms with Crippen LogP contribution in [-0.4, -0.2) is 4.98 Å². The van der Waals surface area contributed by atoms with Crippen molar-refractivity contribution < 1.29 is 4.42 Å². The summed E-state index contributed by atoms with van der Waals surface area (Å²) >= 11 is 0. The molecule has 0 aromatic carbocycles. The molecule has 0 radical (unpaired) electrons. The Morgan fingerprint density at radius 1 is 1.33 bits per heavy atom. The summed E-state index contributed by atoms with van der Waals surface area (Å²) in [7, 11) is 0. The van der Waals surface area contributed by atoms with Crippen molar-refractivity contribution in [2.24, 2.45) is 5.41 Å². The van der Waals surface area contributed by atoms with Gasteiger partial charge in [0.1, 0.15) is 11.5 Å². The molecule has 0 amide bonds. The van der Waals surface area contributed by atoms with Gasteiger partial charge in [-0.15, -0.1) is 0 Å². The molecule has 0 bridgehead atoms. The second-order valence-corrected chi connectivity index (χ2v) is 7.04. The smallest absolute Gasteiger partial charge is 0.109 e. The van der Waals surface area contributed by atoms with E-state index in [0.717, 1.165) is 36.6 Å². The number of hydrogen-bond acceptors (Lipinski definition) is 3. The van der Waals surface area contributed by atoms with Gasteiger partial charge in [-0.1, -0.05) is 19.9 Å². The molecule has 1 aliphatic rings. The van der Waals surface area contributed by atoms with Crippen molar-refractivity contribution in [1.29, 1.82) is 0 Å². The van der Waals surface area contributed by atoms with E-state index in [1.54, 1.807) is 0 Å². The Hall–Kier alpha value is -1.61. The van der Waals surface area contributed by atoms with Gasteiger partial charge < -0.3 is 9.73 Å². The largest absolute Gasteiger partial charge is 0.466 e. The van der Waals surface area contributed by atoms with Crippen molar-refractivity contribution in [1.82, 2.24) is 10.3 Å². The van der Waals surface area contributed by atoms with Crippen LogP contribution in [0.2, 0.25) is 0 Å². The molecular weight excluding hydrogens is 260 g/mol. The predicted octanol–water partition coefficient (Wildman–Crippen LogP) is 4.09. The van der Waals surface area contributed by atoms with Crippen LogP contribution in [0.4, 0.5) is 0 Å². The Balaban J connectivity index is 1.76. The Kier molecular flexibility index (Phi) is 3.62. The number of aryl methyl sites for hydroxylation is 2. The lowest BCUT2D eigenvalue weighted by molar-refractivity contribution is 0.233. The van der Waals surface area contributed by atoms with Crippen molar-refractivity contribution in [2.75, 3.05) is 0 Å². The molecule has 1 N–H and O–H groups in total. The van der Waals surface area contributed by atoms with E-state index in [1.165, 1.54) is 11.1 Å². The molecule has 0 aliphatic heterocycles. The molecule has 0 saturated heterocycles. The molecule has 0 spiro atoms. The SMILES string of the molecule is Cc1ccc(CNC2CC(C)(C)Cc3oc(C)cc32)nc1. The summed E-state index contributed by atoms with van der Waals surface area (Å²) in [6, 6.07) is 6.74. The van der Waals surface area contributed by atoms with Gasteiger partial charge in [0.2, 0.25) is 0 Å². The van der Waals surface area contributed by atoms with Gasteiger partial charge in [0.05, 0.1) is 5.69 Å². The maximum Gasteiger partial charge on any atom is 0.109 e. The minimum Gasteiger partial charge on any atom is -0.466 e. The fraction of sp³-hybridized carbons (Fsp3) is 0.500. The summed E-state index contributed by atoms with van der Waals surface area (Å²) in [4.78, 5) is 4.47. The zero-order valence-electron chi connectivity index (χ0n) is 13.4. The summed E-state index contributed by atoms with van der Waals surface area (Å²) < 4.78 is 5.88. The first-order chi connectivity index (χ1) is 9.93. The highest BCUT2D eigenvalue weighted by Crippen LogP contribution is 2.42. The van der Waals surface area contributed by atoms with Crippen molar-refractivity contribution in [3.05, 3.63) is 52.7 Å². The highest BCUT2D eigenvalue weighted by molar-refractivity contribution is 5.29. The van der Waals surface area contributed by atoms with Crippen molar-refractivity contribution in [3.8, 4) is 0 Å². The van der Waals surface area contributed by atoms with E-state index in [0.29, 0.717) is 6.04 Å². The molecule has 2 aromatic rings. The lowest BCUT2D eigenvalue weighted by Gasteiger charge is -2.34. The molecule has 2 aromatic heterocycles. The maximum absolute atomic E-state index is 5.88. The van der Waals surface area contributed by atoms with Crippen LogP contribution in [0.1, 0.15) is 54.7 Å². The van der Waals surface area contributed by atoms with Gasteiger partial charge in [0.15, 0.2) is 0 Å². The van der Waals surface area contributed by atoms with E-state index < -0.39 is 0 Å². The van der Waals surface area contributed by atoms with Crippen LogP contribution in [0.25, 0.3) is 0 Å². The molecule has 3 rings (SSSR count). The summed E-state index contributed by atoms with van der Waals surface area (Å²) in [5.41, 5.74) is 3.89. The van der Waals surface area contributed by atoms with Gasteiger partial charge in [0, 0.05) is 30.8 Å². The van der Waals surface area contributed by atoms with E-state index in [4.69, 9.17) is 4.42 Å². The van der Waals surface area contributed by atoms with Crippen molar-refractivity contribution >= 4 is 0 Å². The second-order valence-electron chi connectivity index (χ2n) is 7.04. The summed E-state index contributed by atoms with van der Waals surface area (Å²) in [5.74, 6) is 2.16. The second kappa shape index (κ2) is 5.30. The maximum atomic E-state index is 5.88. The van der Waals surface area contributed by atoms with Crippen LogP contribution in [0.5, 0.6) is 0 Å². The minimum absolute atomic E-state index is 0.273. The van der Waals surface area contributed by atoms with E-state index in [-0.39, 0.29) is 5.41 Å². The van der Waals surface area contributed by atoms with Crippen molar-refractivity contribution in [3.63, 3.8) is 0 Å². The summed E-state index contributed by atoms with van der Waals surface area (Å²) in [5, 5.41) is 3.66. The number of hydrogen-bond donors (Lipinski definition) is 1. The fourth-order valence-electron chi connectivity index (χ4n) is 3.20. The molecule has 3 nitrogen and oxygen atoms in total. The molecule has 3 heteroatoms. The zero-order chi connectivity index (χ0) is 15.0. The lowest BCUT2D eigenvalue weighted by atomic mass is 9.74. The Morgan fingerprint density at radius 2 is 2.14 bits per heavy atom. The third-order valence-corrected chi connectivity index (χ3v) is 4.24. The Labute approximate surface area is 126 Å². The van der Waals surface area contributed by atoms with Crippen molar-refractivity contribution in [2.45, 2.75) is 53.1 Å². The third kappa shape index (κ3) is 3.18. The zero-order valence-corrected chi connectivity index (χ0v) is 13.4. The van der Waals surface area contributed by atoms with Crippen LogP contribution in [0.15, 0.2) is 28.8 Å². The summed E-state index contributed by atoms with van der Waals surface area (Å²) in [6.45, 7) is 9.52. The van der Waals surface area contributed by atoms with E-state index in [2.05, 4.69) is 49.3 Å². The van der Waals surface area contributed by atoms with Crippen LogP contribution in [-0.2, 0) is 13.0 Å². The first kappa shape index (κ1) is 14.3. The van der Waals surface area contributed by atoms with E-state index in [9.17, 15) is 0 Å². The van der Waals surface area contributed by atoms with Gasteiger partial charge in [0.25, 0.3) is 0 Å². The van der Waals surface area contributed by atoms with Crippen LogP contribution < -0.4 is 5.32 Å². The Bertz CT molecular complexity index is 625. The molecular formula is C18H24N2O. The van der Waals surface area contributed by atoms with Crippen LogP contribution in [0.3, 0.4) is 0 Å². The standard InChI is InChI=1S/C18H24N2O/c1-12-5-6-14(19-10-12)11-20-16-8-18(3,4)9-17-15(16)7-13(2)21-17/h5-7,10,16,20H,8-9,11H2,1-4H3. The normalized spacial score (nSPS) is 20.3.